The van der Waals surface area contributed by atoms with Gasteiger partial charge in [0, 0.05) is 18.8 Å². The van der Waals surface area contributed by atoms with E-state index in [1.807, 2.05) is 25.1 Å². The highest BCUT2D eigenvalue weighted by Gasteiger charge is 2.14. The lowest BCUT2D eigenvalue weighted by atomic mass is 10.0. The molecule has 0 aromatic carbocycles. The summed E-state index contributed by atoms with van der Waals surface area (Å²) in [6, 6.07) is 5.64. The molecule has 0 aliphatic carbocycles. The zero-order valence-corrected chi connectivity index (χ0v) is 9.60. The summed E-state index contributed by atoms with van der Waals surface area (Å²) >= 11 is 0. The Bertz CT molecular complexity index is 476. The Kier molecular flexibility index (Phi) is 3.06. The van der Waals surface area contributed by atoms with Crippen molar-refractivity contribution in [1.29, 1.82) is 0 Å². The zero-order valence-electron chi connectivity index (χ0n) is 9.60. The first-order valence-electron chi connectivity index (χ1n) is 5.47. The fraction of sp³-hybridized carbons (Fsp3) is 0.308. The monoisotopic (exact) mass is 216 g/mol. The maximum Gasteiger partial charge on any atom is 0.125 e. The van der Waals surface area contributed by atoms with E-state index in [4.69, 9.17) is 10.2 Å². The Morgan fingerprint density at radius 1 is 1.38 bits per heavy atom. The molecule has 3 nitrogen and oxygen atoms in total. The summed E-state index contributed by atoms with van der Waals surface area (Å²) in [7, 11) is 0. The second-order valence-electron chi connectivity index (χ2n) is 3.87. The molecule has 16 heavy (non-hydrogen) atoms. The number of pyridine rings is 1. The van der Waals surface area contributed by atoms with Crippen molar-refractivity contribution in [2.75, 3.05) is 0 Å². The Balaban J connectivity index is 2.31. The van der Waals surface area contributed by atoms with Crippen molar-refractivity contribution in [2.45, 2.75) is 26.3 Å². The van der Waals surface area contributed by atoms with Crippen molar-refractivity contribution in [2.24, 2.45) is 5.73 Å². The van der Waals surface area contributed by atoms with Gasteiger partial charge in [-0.1, -0.05) is 6.92 Å². The summed E-state index contributed by atoms with van der Waals surface area (Å²) in [4.78, 5) is 4.10. The molecule has 2 rings (SSSR count). The van der Waals surface area contributed by atoms with Gasteiger partial charge in [-0.15, -0.1) is 0 Å². The first kappa shape index (κ1) is 10.9. The van der Waals surface area contributed by atoms with Crippen LogP contribution in [0.4, 0.5) is 0 Å². The van der Waals surface area contributed by atoms with Gasteiger partial charge in [-0.25, -0.2) is 0 Å². The zero-order chi connectivity index (χ0) is 11.5. The minimum atomic E-state index is -0.228. The molecule has 2 N–H and O–H groups in total. The van der Waals surface area contributed by atoms with Crippen LogP contribution in [0, 0.1) is 6.92 Å². The fourth-order valence-corrected chi connectivity index (χ4v) is 1.71. The van der Waals surface area contributed by atoms with Crippen LogP contribution in [-0.4, -0.2) is 4.98 Å². The number of aromatic nitrogens is 1. The normalized spacial score (nSPS) is 12.7. The van der Waals surface area contributed by atoms with Crippen LogP contribution in [0.1, 0.15) is 35.6 Å². The Labute approximate surface area is 95.3 Å². The topological polar surface area (TPSA) is 52.0 Å². The summed E-state index contributed by atoms with van der Waals surface area (Å²) in [6.45, 7) is 4.09. The van der Waals surface area contributed by atoms with E-state index in [1.165, 1.54) is 0 Å². The molecular weight excluding hydrogens is 200 g/mol. The van der Waals surface area contributed by atoms with Crippen LogP contribution in [0.5, 0.6) is 0 Å². The van der Waals surface area contributed by atoms with Gasteiger partial charge >= 0.3 is 0 Å². The smallest absolute Gasteiger partial charge is 0.125 e. The minimum absolute atomic E-state index is 0.228. The molecule has 0 saturated heterocycles. The molecular formula is C13H16N2O. The number of hydrogen-bond acceptors (Lipinski definition) is 3. The molecule has 3 heteroatoms. The average Bonchev–Trinajstić information content (AvgIpc) is 2.77. The van der Waals surface area contributed by atoms with Crippen molar-refractivity contribution in [3.05, 3.63) is 53.2 Å². The van der Waals surface area contributed by atoms with Crippen LogP contribution in [0.2, 0.25) is 0 Å². The molecule has 1 unspecified atom stereocenters. The molecule has 2 aromatic heterocycles. The largest absolute Gasteiger partial charge is 0.464 e. The first-order valence-corrected chi connectivity index (χ1v) is 5.47. The third kappa shape index (κ3) is 1.99. The van der Waals surface area contributed by atoms with Gasteiger partial charge in [0.05, 0.1) is 6.04 Å². The molecule has 0 amide bonds. The second-order valence-corrected chi connectivity index (χ2v) is 3.87. The molecule has 0 saturated carbocycles. The molecule has 0 aliphatic heterocycles. The molecule has 0 spiro atoms. The van der Waals surface area contributed by atoms with Crippen LogP contribution in [0.3, 0.4) is 0 Å². The highest BCUT2D eigenvalue weighted by molar-refractivity contribution is 5.30. The van der Waals surface area contributed by atoms with E-state index in [0.29, 0.717) is 0 Å². The lowest BCUT2D eigenvalue weighted by Crippen LogP contribution is -2.12. The lowest BCUT2D eigenvalue weighted by Gasteiger charge is -2.11. The van der Waals surface area contributed by atoms with Crippen molar-refractivity contribution < 1.29 is 4.42 Å². The second kappa shape index (κ2) is 4.49. The van der Waals surface area contributed by atoms with Crippen molar-refractivity contribution in [1.82, 2.24) is 4.98 Å². The van der Waals surface area contributed by atoms with Gasteiger partial charge in [0.25, 0.3) is 0 Å². The maximum atomic E-state index is 6.15. The summed E-state index contributed by atoms with van der Waals surface area (Å²) in [6.07, 6.45) is 4.46. The van der Waals surface area contributed by atoms with E-state index in [-0.39, 0.29) is 6.04 Å². The molecule has 84 valence electrons. The van der Waals surface area contributed by atoms with Gasteiger partial charge in [-0.2, -0.15) is 0 Å². The number of furan rings is 1. The lowest BCUT2D eigenvalue weighted by molar-refractivity contribution is 0.453. The third-order valence-electron chi connectivity index (χ3n) is 2.75. The molecule has 2 aromatic rings. The van der Waals surface area contributed by atoms with Crippen LogP contribution < -0.4 is 5.73 Å². The molecule has 0 bridgehead atoms. The van der Waals surface area contributed by atoms with E-state index in [0.717, 1.165) is 29.1 Å². The third-order valence-corrected chi connectivity index (χ3v) is 2.75. The summed E-state index contributed by atoms with van der Waals surface area (Å²) in [5, 5.41) is 0. The van der Waals surface area contributed by atoms with Crippen molar-refractivity contribution in [3.63, 3.8) is 0 Å². The van der Waals surface area contributed by atoms with Gasteiger partial charge in [-0.3, -0.25) is 4.98 Å². The summed E-state index contributed by atoms with van der Waals surface area (Å²) in [5.41, 5.74) is 8.30. The molecule has 0 radical (unpaired) electrons. The predicted molar refractivity (Wildman–Crippen MR) is 63.1 cm³/mol. The average molecular weight is 216 g/mol. The van der Waals surface area contributed by atoms with E-state index in [1.54, 1.807) is 12.4 Å². The van der Waals surface area contributed by atoms with Gasteiger partial charge in [-0.05, 0) is 36.2 Å². The van der Waals surface area contributed by atoms with Gasteiger partial charge < -0.3 is 10.2 Å². The Hall–Kier alpha value is -1.61. The van der Waals surface area contributed by atoms with Crippen LogP contribution in [0.15, 0.2) is 35.0 Å². The number of nitrogens with zero attached hydrogens (tertiary/aromatic N) is 1. The number of hydrogen-bond donors (Lipinski definition) is 1. The maximum absolute atomic E-state index is 6.15. The van der Waals surface area contributed by atoms with Gasteiger partial charge in [0.1, 0.15) is 11.5 Å². The Morgan fingerprint density at radius 3 is 2.81 bits per heavy atom. The van der Waals surface area contributed by atoms with Crippen LogP contribution >= 0.6 is 0 Å². The van der Waals surface area contributed by atoms with E-state index >= 15 is 0 Å². The molecule has 2 heterocycles. The predicted octanol–water partition coefficient (Wildman–Crippen LogP) is 2.59. The van der Waals surface area contributed by atoms with E-state index < -0.39 is 0 Å². The molecule has 0 fully saturated rings. The molecule has 0 aliphatic rings. The SMILES string of the molecule is CCc1ccc(C(N)c2cnccc2C)o1. The van der Waals surface area contributed by atoms with Gasteiger partial charge in [0.2, 0.25) is 0 Å². The fourth-order valence-electron chi connectivity index (χ4n) is 1.71. The minimum Gasteiger partial charge on any atom is -0.464 e. The standard InChI is InChI=1S/C13H16N2O/c1-3-10-4-5-12(16-10)13(14)11-8-15-7-6-9(11)2/h4-8,13H,3,14H2,1-2H3. The summed E-state index contributed by atoms with van der Waals surface area (Å²) in [5.74, 6) is 1.76. The van der Waals surface area contributed by atoms with Crippen molar-refractivity contribution in [3.8, 4) is 0 Å². The number of rotatable bonds is 3. The summed E-state index contributed by atoms with van der Waals surface area (Å²) < 4.78 is 5.65. The van der Waals surface area contributed by atoms with Crippen LogP contribution in [-0.2, 0) is 6.42 Å². The van der Waals surface area contributed by atoms with Gasteiger partial charge in [0.15, 0.2) is 0 Å². The molecule has 1 atom stereocenters. The quantitative estimate of drug-likeness (QED) is 0.858. The van der Waals surface area contributed by atoms with E-state index in [9.17, 15) is 0 Å². The van der Waals surface area contributed by atoms with Crippen LogP contribution in [0.25, 0.3) is 0 Å². The van der Waals surface area contributed by atoms with E-state index in [2.05, 4.69) is 11.9 Å². The highest BCUT2D eigenvalue weighted by Crippen LogP contribution is 2.23. The first-order chi connectivity index (χ1) is 7.72. The number of nitrogens with two attached hydrogens (primary N) is 1. The Morgan fingerprint density at radius 2 is 2.19 bits per heavy atom. The van der Waals surface area contributed by atoms with Crippen molar-refractivity contribution >= 4 is 0 Å². The number of aryl methyl sites for hydroxylation is 2. The highest BCUT2D eigenvalue weighted by atomic mass is 16.3.